The van der Waals surface area contributed by atoms with Crippen molar-refractivity contribution < 1.29 is 9.53 Å². The number of hydrogen-bond donors (Lipinski definition) is 1. The summed E-state index contributed by atoms with van der Waals surface area (Å²) >= 11 is 1.58. The summed E-state index contributed by atoms with van der Waals surface area (Å²) in [5.41, 5.74) is 5.39. The molecule has 0 spiro atoms. The summed E-state index contributed by atoms with van der Waals surface area (Å²) in [4.78, 5) is 17.0. The lowest BCUT2D eigenvalue weighted by atomic mass is 10.1. The van der Waals surface area contributed by atoms with Crippen LogP contribution in [0.4, 0.5) is 0 Å². The quantitative estimate of drug-likeness (QED) is 0.667. The molecule has 27 heavy (non-hydrogen) atoms. The number of amides is 1. The van der Waals surface area contributed by atoms with Gasteiger partial charge in [0.15, 0.2) is 6.10 Å². The molecule has 3 rings (SSSR count). The van der Waals surface area contributed by atoms with E-state index in [1.807, 2.05) is 31.4 Å². The van der Waals surface area contributed by atoms with Crippen LogP contribution in [0.15, 0.2) is 47.8 Å². The first-order valence-electron chi connectivity index (χ1n) is 8.95. The molecule has 0 bridgehead atoms. The predicted octanol–water partition coefficient (Wildman–Crippen LogP) is 4.82. The van der Waals surface area contributed by atoms with Gasteiger partial charge >= 0.3 is 0 Å². The molecule has 0 unspecified atom stereocenters. The van der Waals surface area contributed by atoms with Crippen molar-refractivity contribution in [2.24, 2.45) is 0 Å². The molecule has 0 saturated heterocycles. The van der Waals surface area contributed by atoms with Crippen LogP contribution >= 0.6 is 11.3 Å². The van der Waals surface area contributed by atoms with Gasteiger partial charge in [-0.05, 0) is 51.0 Å². The Balaban J connectivity index is 1.56. The molecule has 0 saturated carbocycles. The zero-order valence-electron chi connectivity index (χ0n) is 16.1. The van der Waals surface area contributed by atoms with E-state index in [2.05, 4.69) is 47.6 Å². The van der Waals surface area contributed by atoms with Crippen LogP contribution in [0.3, 0.4) is 0 Å². The minimum Gasteiger partial charge on any atom is -0.481 e. The van der Waals surface area contributed by atoms with Crippen LogP contribution in [0.25, 0.3) is 10.6 Å². The topological polar surface area (TPSA) is 51.2 Å². The highest BCUT2D eigenvalue weighted by molar-refractivity contribution is 7.13. The fourth-order valence-electron chi connectivity index (χ4n) is 2.80. The van der Waals surface area contributed by atoms with E-state index < -0.39 is 6.10 Å². The molecule has 4 nitrogen and oxygen atoms in total. The van der Waals surface area contributed by atoms with Gasteiger partial charge in [-0.2, -0.15) is 0 Å². The standard InChI is InChI=1S/C22H24N2O2S/c1-14-5-7-18(8-6-14)22-24-19(13-27-22)12-23-21(25)17(4)26-20-10-15(2)9-16(3)11-20/h5-11,13,17H,12H2,1-4H3,(H,23,25)/t17-/m1/s1. The van der Waals surface area contributed by atoms with Crippen molar-refractivity contribution in [2.45, 2.75) is 40.3 Å². The van der Waals surface area contributed by atoms with Crippen LogP contribution in [0.1, 0.15) is 29.3 Å². The van der Waals surface area contributed by atoms with E-state index in [1.54, 1.807) is 18.3 Å². The Kier molecular flexibility index (Phi) is 5.91. The third-order valence-corrected chi connectivity index (χ3v) is 5.11. The Morgan fingerprint density at radius 3 is 2.41 bits per heavy atom. The Labute approximate surface area is 164 Å². The number of carbonyl (C=O) groups is 1. The summed E-state index contributed by atoms with van der Waals surface area (Å²) in [5.74, 6) is 0.560. The molecule has 0 fully saturated rings. The Bertz CT molecular complexity index is 911. The molecule has 0 aliphatic carbocycles. The van der Waals surface area contributed by atoms with Gasteiger partial charge in [-0.25, -0.2) is 4.98 Å². The molecule has 1 heterocycles. The summed E-state index contributed by atoms with van der Waals surface area (Å²) in [5, 5.41) is 5.84. The van der Waals surface area contributed by atoms with Gasteiger partial charge in [-0.15, -0.1) is 11.3 Å². The number of benzene rings is 2. The van der Waals surface area contributed by atoms with E-state index in [-0.39, 0.29) is 5.91 Å². The number of hydrogen-bond acceptors (Lipinski definition) is 4. The maximum absolute atomic E-state index is 12.3. The summed E-state index contributed by atoms with van der Waals surface area (Å²) in [7, 11) is 0. The summed E-state index contributed by atoms with van der Waals surface area (Å²) in [6, 6.07) is 14.2. The number of thiazole rings is 1. The minimum absolute atomic E-state index is 0.154. The second-order valence-electron chi connectivity index (χ2n) is 6.81. The summed E-state index contributed by atoms with van der Waals surface area (Å²) in [6.45, 7) is 8.23. The first-order valence-corrected chi connectivity index (χ1v) is 9.83. The summed E-state index contributed by atoms with van der Waals surface area (Å²) < 4.78 is 5.78. The molecule has 1 amide bonds. The molecular formula is C22H24N2O2S. The molecule has 1 aromatic heterocycles. The maximum atomic E-state index is 12.3. The number of rotatable bonds is 6. The van der Waals surface area contributed by atoms with Gasteiger partial charge in [0, 0.05) is 10.9 Å². The smallest absolute Gasteiger partial charge is 0.261 e. The van der Waals surface area contributed by atoms with Crippen LogP contribution in [0.2, 0.25) is 0 Å². The van der Waals surface area contributed by atoms with Crippen LogP contribution < -0.4 is 10.1 Å². The third-order valence-electron chi connectivity index (χ3n) is 4.17. The van der Waals surface area contributed by atoms with E-state index in [0.717, 1.165) is 27.4 Å². The van der Waals surface area contributed by atoms with Crippen LogP contribution in [0, 0.1) is 20.8 Å². The average molecular weight is 381 g/mol. The van der Waals surface area contributed by atoms with E-state index in [1.165, 1.54) is 5.56 Å². The maximum Gasteiger partial charge on any atom is 0.261 e. The SMILES string of the molecule is Cc1ccc(-c2nc(CNC(=O)[C@@H](C)Oc3cc(C)cc(C)c3)cs2)cc1. The van der Waals surface area contributed by atoms with Crippen molar-refractivity contribution in [3.63, 3.8) is 0 Å². The second-order valence-corrected chi connectivity index (χ2v) is 7.67. The fourth-order valence-corrected chi connectivity index (χ4v) is 3.62. The van der Waals surface area contributed by atoms with E-state index in [9.17, 15) is 4.79 Å². The Hall–Kier alpha value is -2.66. The van der Waals surface area contributed by atoms with Crippen molar-refractivity contribution in [1.82, 2.24) is 10.3 Å². The first-order chi connectivity index (χ1) is 12.9. The zero-order valence-corrected chi connectivity index (χ0v) is 16.9. The van der Waals surface area contributed by atoms with Crippen molar-refractivity contribution in [3.8, 4) is 16.3 Å². The lowest BCUT2D eigenvalue weighted by Crippen LogP contribution is -2.36. The van der Waals surface area contributed by atoms with Gasteiger partial charge in [0.05, 0.1) is 12.2 Å². The fraction of sp³-hybridized carbons (Fsp3) is 0.273. The second kappa shape index (κ2) is 8.35. The van der Waals surface area contributed by atoms with E-state index in [4.69, 9.17) is 4.74 Å². The number of aryl methyl sites for hydroxylation is 3. The molecule has 140 valence electrons. The highest BCUT2D eigenvalue weighted by atomic mass is 32.1. The van der Waals surface area contributed by atoms with Gasteiger partial charge < -0.3 is 10.1 Å². The number of nitrogens with one attached hydrogen (secondary N) is 1. The van der Waals surface area contributed by atoms with Crippen molar-refractivity contribution in [1.29, 1.82) is 0 Å². The van der Waals surface area contributed by atoms with Gasteiger partial charge in [0.2, 0.25) is 0 Å². The van der Waals surface area contributed by atoms with Gasteiger partial charge in [0.1, 0.15) is 10.8 Å². The Morgan fingerprint density at radius 2 is 1.74 bits per heavy atom. The van der Waals surface area contributed by atoms with Gasteiger partial charge in [-0.3, -0.25) is 4.79 Å². The molecular weight excluding hydrogens is 356 g/mol. The number of aromatic nitrogens is 1. The summed E-state index contributed by atoms with van der Waals surface area (Å²) in [6.07, 6.45) is -0.568. The van der Waals surface area contributed by atoms with Crippen molar-refractivity contribution >= 4 is 17.2 Å². The average Bonchev–Trinajstić information content (AvgIpc) is 3.08. The molecule has 2 aromatic carbocycles. The van der Waals surface area contributed by atoms with E-state index in [0.29, 0.717) is 12.3 Å². The minimum atomic E-state index is -0.568. The van der Waals surface area contributed by atoms with Crippen LogP contribution in [-0.4, -0.2) is 17.0 Å². The largest absolute Gasteiger partial charge is 0.481 e. The number of carbonyl (C=O) groups excluding carboxylic acids is 1. The normalized spacial score (nSPS) is 11.9. The lowest BCUT2D eigenvalue weighted by molar-refractivity contribution is -0.127. The molecule has 0 aliphatic heterocycles. The Morgan fingerprint density at radius 1 is 1.07 bits per heavy atom. The highest BCUT2D eigenvalue weighted by Crippen LogP contribution is 2.24. The molecule has 5 heteroatoms. The van der Waals surface area contributed by atoms with E-state index >= 15 is 0 Å². The third kappa shape index (κ3) is 5.17. The molecule has 1 N–H and O–H groups in total. The van der Waals surface area contributed by atoms with Gasteiger partial charge in [-0.1, -0.05) is 35.9 Å². The number of nitrogens with zero attached hydrogens (tertiary/aromatic N) is 1. The van der Waals surface area contributed by atoms with Gasteiger partial charge in [0.25, 0.3) is 5.91 Å². The van der Waals surface area contributed by atoms with Crippen LogP contribution in [0.5, 0.6) is 5.75 Å². The monoisotopic (exact) mass is 380 g/mol. The van der Waals surface area contributed by atoms with Crippen molar-refractivity contribution in [2.75, 3.05) is 0 Å². The first kappa shape index (κ1) is 19.1. The predicted molar refractivity (Wildman–Crippen MR) is 110 cm³/mol. The molecule has 0 aliphatic rings. The van der Waals surface area contributed by atoms with Crippen molar-refractivity contribution in [3.05, 3.63) is 70.2 Å². The molecule has 3 aromatic rings. The number of ether oxygens (including phenoxy) is 1. The van der Waals surface area contributed by atoms with Crippen LogP contribution in [-0.2, 0) is 11.3 Å². The lowest BCUT2D eigenvalue weighted by Gasteiger charge is -2.15. The molecule has 1 atom stereocenters. The molecule has 0 radical (unpaired) electrons. The highest BCUT2D eigenvalue weighted by Gasteiger charge is 2.15. The zero-order chi connectivity index (χ0) is 19.4.